The van der Waals surface area contributed by atoms with E-state index in [0.717, 1.165) is 24.5 Å². The van der Waals surface area contributed by atoms with E-state index in [1.54, 1.807) is 0 Å². The summed E-state index contributed by atoms with van der Waals surface area (Å²) in [4.78, 5) is 8.67. The minimum atomic E-state index is 0.723. The van der Waals surface area contributed by atoms with Gasteiger partial charge in [-0.2, -0.15) is 0 Å². The van der Waals surface area contributed by atoms with Crippen LogP contribution in [-0.4, -0.2) is 9.97 Å². The smallest absolute Gasteiger partial charge is 0.126 e. The lowest BCUT2D eigenvalue weighted by atomic mass is 10.1. The lowest BCUT2D eigenvalue weighted by molar-refractivity contribution is 0.964. The molecule has 0 aliphatic rings. The molecule has 2 rings (SSSR count). The minimum Gasteiger partial charge on any atom is -0.364 e. The molecule has 0 amide bonds. The van der Waals surface area contributed by atoms with Gasteiger partial charge < -0.3 is 5.32 Å². The molecule has 0 radical (unpaired) electrons. The predicted octanol–water partition coefficient (Wildman–Crippen LogP) is 2.96. The van der Waals surface area contributed by atoms with Crippen LogP contribution in [0.15, 0.2) is 36.7 Å². The third-order valence-electron chi connectivity index (χ3n) is 2.72. The van der Waals surface area contributed by atoms with E-state index >= 15 is 0 Å². The first kappa shape index (κ1) is 11.6. The molecule has 0 aliphatic carbocycles. The second-order valence-electron chi connectivity index (χ2n) is 4.03. The largest absolute Gasteiger partial charge is 0.364 e. The van der Waals surface area contributed by atoms with Crippen molar-refractivity contribution in [3.63, 3.8) is 0 Å². The van der Waals surface area contributed by atoms with Gasteiger partial charge in [0.2, 0.25) is 0 Å². The Morgan fingerprint density at radius 1 is 1.18 bits per heavy atom. The van der Waals surface area contributed by atoms with Gasteiger partial charge in [0.05, 0.1) is 12.2 Å². The monoisotopic (exact) mass is 227 g/mol. The quantitative estimate of drug-likeness (QED) is 0.872. The van der Waals surface area contributed by atoms with Gasteiger partial charge in [0, 0.05) is 12.4 Å². The second kappa shape index (κ2) is 5.43. The number of nitrogens with zero attached hydrogens (tertiary/aromatic N) is 2. The van der Waals surface area contributed by atoms with Gasteiger partial charge in [-0.1, -0.05) is 13.0 Å². The molecular weight excluding hydrogens is 210 g/mol. The molecule has 0 saturated heterocycles. The van der Waals surface area contributed by atoms with Crippen molar-refractivity contribution in [2.45, 2.75) is 26.8 Å². The minimum absolute atomic E-state index is 0.723. The topological polar surface area (TPSA) is 37.8 Å². The van der Waals surface area contributed by atoms with Gasteiger partial charge in [0.1, 0.15) is 5.82 Å². The Morgan fingerprint density at radius 3 is 2.82 bits per heavy atom. The molecule has 0 bridgehead atoms. The van der Waals surface area contributed by atoms with Crippen LogP contribution in [0.3, 0.4) is 0 Å². The van der Waals surface area contributed by atoms with Crippen molar-refractivity contribution < 1.29 is 0 Å². The van der Waals surface area contributed by atoms with Crippen molar-refractivity contribution >= 4 is 5.82 Å². The lowest BCUT2D eigenvalue weighted by Crippen LogP contribution is -2.06. The number of aromatic nitrogens is 2. The average Bonchev–Trinajstić information content (AvgIpc) is 2.37. The van der Waals surface area contributed by atoms with E-state index in [4.69, 9.17) is 0 Å². The van der Waals surface area contributed by atoms with Gasteiger partial charge >= 0.3 is 0 Å². The zero-order chi connectivity index (χ0) is 12.1. The molecule has 0 atom stereocenters. The third kappa shape index (κ3) is 3.03. The van der Waals surface area contributed by atoms with Crippen LogP contribution in [0.4, 0.5) is 5.82 Å². The summed E-state index contributed by atoms with van der Waals surface area (Å²) >= 11 is 0. The van der Waals surface area contributed by atoms with E-state index in [1.165, 1.54) is 11.1 Å². The van der Waals surface area contributed by atoms with Crippen molar-refractivity contribution in [1.82, 2.24) is 9.97 Å². The molecule has 0 aromatic carbocycles. The van der Waals surface area contributed by atoms with Crippen LogP contribution in [0.1, 0.15) is 23.7 Å². The first-order chi connectivity index (χ1) is 8.29. The van der Waals surface area contributed by atoms with Gasteiger partial charge in [-0.15, -0.1) is 0 Å². The van der Waals surface area contributed by atoms with Crippen molar-refractivity contribution in [3.05, 3.63) is 53.5 Å². The fraction of sp³-hybridized carbons (Fsp3) is 0.286. The molecule has 2 aromatic rings. The lowest BCUT2D eigenvalue weighted by Gasteiger charge is -2.08. The van der Waals surface area contributed by atoms with Gasteiger partial charge in [0.25, 0.3) is 0 Å². The van der Waals surface area contributed by atoms with Crippen molar-refractivity contribution in [2.75, 3.05) is 5.32 Å². The number of aryl methyl sites for hydroxylation is 2. The standard InChI is InChI=1S/C14H17N3/c1-3-12-5-4-7-15-13(12)10-17-14-9-11(2)6-8-16-14/h4-9H,3,10H2,1-2H3,(H,16,17). The van der Waals surface area contributed by atoms with Crippen molar-refractivity contribution in [2.24, 2.45) is 0 Å². The van der Waals surface area contributed by atoms with E-state index in [1.807, 2.05) is 30.6 Å². The molecular formula is C14H17N3. The molecule has 3 nitrogen and oxygen atoms in total. The summed E-state index contributed by atoms with van der Waals surface area (Å²) < 4.78 is 0. The molecule has 0 unspecified atom stereocenters. The van der Waals surface area contributed by atoms with E-state index in [-0.39, 0.29) is 0 Å². The Morgan fingerprint density at radius 2 is 2.06 bits per heavy atom. The molecule has 1 N–H and O–H groups in total. The van der Waals surface area contributed by atoms with Crippen LogP contribution in [0.2, 0.25) is 0 Å². The Hall–Kier alpha value is -1.90. The number of hydrogen-bond donors (Lipinski definition) is 1. The molecule has 2 heterocycles. The summed E-state index contributed by atoms with van der Waals surface area (Å²) in [6.07, 6.45) is 4.66. The number of anilines is 1. The Kier molecular flexibility index (Phi) is 3.70. The van der Waals surface area contributed by atoms with Gasteiger partial charge in [-0.25, -0.2) is 4.98 Å². The summed E-state index contributed by atoms with van der Waals surface area (Å²) in [5.41, 5.74) is 3.59. The third-order valence-corrected chi connectivity index (χ3v) is 2.72. The highest BCUT2D eigenvalue weighted by molar-refractivity contribution is 5.38. The highest BCUT2D eigenvalue weighted by Crippen LogP contribution is 2.10. The van der Waals surface area contributed by atoms with E-state index in [0.29, 0.717) is 0 Å². The fourth-order valence-electron chi connectivity index (χ4n) is 1.76. The number of nitrogens with one attached hydrogen (secondary N) is 1. The predicted molar refractivity (Wildman–Crippen MR) is 69.9 cm³/mol. The molecule has 2 aromatic heterocycles. The van der Waals surface area contributed by atoms with E-state index in [9.17, 15) is 0 Å². The first-order valence-corrected chi connectivity index (χ1v) is 5.89. The van der Waals surface area contributed by atoms with Crippen molar-refractivity contribution in [3.8, 4) is 0 Å². The Bertz CT molecular complexity index is 494. The number of hydrogen-bond acceptors (Lipinski definition) is 3. The van der Waals surface area contributed by atoms with Crippen LogP contribution in [0, 0.1) is 6.92 Å². The highest BCUT2D eigenvalue weighted by atomic mass is 15.0. The maximum atomic E-state index is 4.40. The van der Waals surface area contributed by atoms with Gasteiger partial charge in [-0.3, -0.25) is 4.98 Å². The summed E-state index contributed by atoms with van der Waals surface area (Å²) in [7, 11) is 0. The average molecular weight is 227 g/mol. The Balaban J connectivity index is 2.07. The zero-order valence-corrected chi connectivity index (χ0v) is 10.3. The molecule has 0 fully saturated rings. The van der Waals surface area contributed by atoms with Crippen molar-refractivity contribution in [1.29, 1.82) is 0 Å². The summed E-state index contributed by atoms with van der Waals surface area (Å²) in [6, 6.07) is 8.12. The second-order valence-corrected chi connectivity index (χ2v) is 4.03. The maximum absolute atomic E-state index is 4.40. The molecule has 88 valence electrons. The van der Waals surface area contributed by atoms with E-state index < -0.39 is 0 Å². The molecule has 0 aliphatic heterocycles. The number of pyridine rings is 2. The SMILES string of the molecule is CCc1cccnc1CNc1cc(C)ccn1. The molecule has 0 spiro atoms. The maximum Gasteiger partial charge on any atom is 0.126 e. The first-order valence-electron chi connectivity index (χ1n) is 5.89. The van der Waals surface area contributed by atoms with Crippen LogP contribution < -0.4 is 5.32 Å². The Labute approximate surface area is 102 Å². The number of rotatable bonds is 4. The highest BCUT2D eigenvalue weighted by Gasteiger charge is 2.01. The summed E-state index contributed by atoms with van der Waals surface area (Å²) in [5.74, 6) is 0.901. The fourth-order valence-corrected chi connectivity index (χ4v) is 1.76. The van der Waals surface area contributed by atoms with Crippen LogP contribution >= 0.6 is 0 Å². The molecule has 17 heavy (non-hydrogen) atoms. The van der Waals surface area contributed by atoms with Crippen LogP contribution in [-0.2, 0) is 13.0 Å². The summed E-state index contributed by atoms with van der Waals surface area (Å²) in [5, 5.41) is 3.30. The van der Waals surface area contributed by atoms with Gasteiger partial charge in [-0.05, 0) is 42.7 Å². The van der Waals surface area contributed by atoms with Crippen LogP contribution in [0.25, 0.3) is 0 Å². The van der Waals surface area contributed by atoms with Gasteiger partial charge in [0.15, 0.2) is 0 Å². The van der Waals surface area contributed by atoms with E-state index in [2.05, 4.69) is 35.2 Å². The summed E-state index contributed by atoms with van der Waals surface area (Å²) in [6.45, 7) is 4.93. The normalized spacial score (nSPS) is 10.2. The zero-order valence-electron chi connectivity index (χ0n) is 10.3. The molecule has 0 saturated carbocycles. The van der Waals surface area contributed by atoms with Crippen LogP contribution in [0.5, 0.6) is 0 Å². The molecule has 3 heteroatoms.